The molecule has 1 amide bonds. The summed E-state index contributed by atoms with van der Waals surface area (Å²) in [5, 5.41) is 3.55. The highest BCUT2D eigenvalue weighted by molar-refractivity contribution is 5.99. The number of ether oxygens (including phenoxy) is 1. The molecular weight excluding hydrogens is 268 g/mol. The maximum Gasteiger partial charge on any atom is 0.269 e. The van der Waals surface area contributed by atoms with Crippen LogP contribution in [0.2, 0.25) is 0 Å². The van der Waals surface area contributed by atoms with Crippen LogP contribution in [0.15, 0.2) is 36.8 Å². The lowest BCUT2D eigenvalue weighted by Gasteiger charge is -2.04. The van der Waals surface area contributed by atoms with E-state index in [1.165, 1.54) is 0 Å². The Morgan fingerprint density at radius 3 is 2.86 bits per heavy atom. The highest BCUT2D eigenvalue weighted by atomic mass is 16.5. The second-order valence-corrected chi connectivity index (χ2v) is 4.45. The number of nitrogens with one attached hydrogen (secondary N) is 2. The molecule has 0 spiro atoms. The maximum absolute atomic E-state index is 11.7. The van der Waals surface area contributed by atoms with Crippen molar-refractivity contribution in [1.29, 1.82) is 0 Å². The van der Waals surface area contributed by atoms with Crippen LogP contribution in [0, 0.1) is 0 Å². The predicted molar refractivity (Wildman–Crippen MR) is 79.3 cm³/mol. The van der Waals surface area contributed by atoms with Crippen molar-refractivity contribution in [2.45, 2.75) is 0 Å². The molecule has 0 fully saturated rings. The Labute approximate surface area is 121 Å². The number of hydrogen-bond acceptors (Lipinski definition) is 4. The van der Waals surface area contributed by atoms with Gasteiger partial charge in [-0.15, -0.1) is 0 Å². The minimum absolute atomic E-state index is 0.212. The number of fused-ring (bicyclic) bond motifs is 1. The maximum atomic E-state index is 11.7. The van der Waals surface area contributed by atoms with E-state index in [9.17, 15) is 4.79 Å². The second-order valence-electron chi connectivity index (χ2n) is 4.45. The van der Waals surface area contributed by atoms with Crippen molar-refractivity contribution < 1.29 is 9.53 Å². The highest BCUT2D eigenvalue weighted by Crippen LogP contribution is 2.31. The van der Waals surface area contributed by atoms with Gasteiger partial charge in [0.2, 0.25) is 5.88 Å². The van der Waals surface area contributed by atoms with Gasteiger partial charge in [0.05, 0.1) is 7.11 Å². The summed E-state index contributed by atoms with van der Waals surface area (Å²) < 4.78 is 5.24. The third-order valence-corrected chi connectivity index (χ3v) is 3.29. The first-order chi connectivity index (χ1) is 10.2. The lowest BCUT2D eigenvalue weighted by molar-refractivity contribution is 0.0958. The molecule has 0 saturated carbocycles. The molecule has 0 atom stereocenters. The molecule has 0 aliphatic heterocycles. The van der Waals surface area contributed by atoms with Crippen LogP contribution in [0.5, 0.6) is 5.88 Å². The summed E-state index contributed by atoms with van der Waals surface area (Å²) in [6.07, 6.45) is 5.19. The van der Waals surface area contributed by atoms with E-state index in [2.05, 4.69) is 20.3 Å². The van der Waals surface area contributed by atoms with Gasteiger partial charge in [0.1, 0.15) is 11.2 Å². The molecule has 0 aliphatic carbocycles. The van der Waals surface area contributed by atoms with Gasteiger partial charge >= 0.3 is 0 Å². The summed E-state index contributed by atoms with van der Waals surface area (Å²) in [7, 11) is 3.16. The van der Waals surface area contributed by atoms with Crippen molar-refractivity contribution in [3.05, 3.63) is 42.5 Å². The SMILES string of the molecule is CNC(=O)c1cc(-c2c[nH]c3c(OC)nccc23)ccn1. The molecule has 2 N–H and O–H groups in total. The molecule has 6 heteroatoms. The largest absolute Gasteiger partial charge is 0.479 e. The fourth-order valence-corrected chi connectivity index (χ4v) is 2.27. The van der Waals surface area contributed by atoms with E-state index in [-0.39, 0.29) is 5.91 Å². The molecule has 3 rings (SSSR count). The Morgan fingerprint density at radius 2 is 2.10 bits per heavy atom. The molecule has 0 saturated heterocycles. The molecule has 0 unspecified atom stereocenters. The predicted octanol–water partition coefficient (Wildman–Crippen LogP) is 1.99. The molecule has 106 valence electrons. The number of nitrogens with zero attached hydrogens (tertiary/aromatic N) is 2. The lowest BCUT2D eigenvalue weighted by Crippen LogP contribution is -2.19. The number of methoxy groups -OCH3 is 1. The standard InChI is InChI=1S/C15H14N4O2/c1-16-14(20)12-7-9(3-5-17-12)11-8-19-13-10(11)4-6-18-15(13)21-2/h3-8,19H,1-2H3,(H,16,20). The summed E-state index contributed by atoms with van der Waals surface area (Å²) in [6, 6.07) is 5.53. The quantitative estimate of drug-likeness (QED) is 0.770. The fourth-order valence-electron chi connectivity index (χ4n) is 2.27. The van der Waals surface area contributed by atoms with Crippen LogP contribution in [-0.4, -0.2) is 35.0 Å². The van der Waals surface area contributed by atoms with Gasteiger partial charge in [-0.25, -0.2) is 4.98 Å². The molecule has 0 radical (unpaired) electrons. The van der Waals surface area contributed by atoms with Crippen molar-refractivity contribution >= 4 is 16.8 Å². The van der Waals surface area contributed by atoms with E-state index in [0.29, 0.717) is 11.6 Å². The average Bonchev–Trinajstić information content (AvgIpc) is 2.98. The Balaban J connectivity index is 2.15. The van der Waals surface area contributed by atoms with Crippen LogP contribution in [0.3, 0.4) is 0 Å². The monoisotopic (exact) mass is 282 g/mol. The molecule has 21 heavy (non-hydrogen) atoms. The van der Waals surface area contributed by atoms with E-state index < -0.39 is 0 Å². The van der Waals surface area contributed by atoms with Gasteiger partial charge < -0.3 is 15.0 Å². The summed E-state index contributed by atoms with van der Waals surface area (Å²) in [5.74, 6) is 0.329. The average molecular weight is 282 g/mol. The van der Waals surface area contributed by atoms with Gasteiger partial charge in [-0.1, -0.05) is 0 Å². The smallest absolute Gasteiger partial charge is 0.269 e. The zero-order valence-corrected chi connectivity index (χ0v) is 11.7. The molecule has 0 aliphatic rings. The van der Waals surface area contributed by atoms with Crippen molar-refractivity contribution in [3.63, 3.8) is 0 Å². The van der Waals surface area contributed by atoms with E-state index in [4.69, 9.17) is 4.74 Å². The molecule has 0 aromatic carbocycles. The lowest BCUT2D eigenvalue weighted by atomic mass is 10.1. The van der Waals surface area contributed by atoms with E-state index in [1.54, 1.807) is 32.6 Å². The first-order valence-corrected chi connectivity index (χ1v) is 6.43. The number of aromatic nitrogens is 3. The summed E-state index contributed by atoms with van der Waals surface area (Å²) in [5.41, 5.74) is 3.08. The zero-order chi connectivity index (χ0) is 14.8. The Morgan fingerprint density at radius 1 is 1.29 bits per heavy atom. The topological polar surface area (TPSA) is 79.9 Å². The zero-order valence-electron chi connectivity index (χ0n) is 11.7. The van der Waals surface area contributed by atoms with Crippen LogP contribution in [0.25, 0.3) is 22.0 Å². The summed E-state index contributed by atoms with van der Waals surface area (Å²) >= 11 is 0. The molecular formula is C15H14N4O2. The van der Waals surface area contributed by atoms with E-state index in [1.807, 2.05) is 18.3 Å². The van der Waals surface area contributed by atoms with Crippen LogP contribution >= 0.6 is 0 Å². The number of aromatic amines is 1. The van der Waals surface area contributed by atoms with Crippen LogP contribution in [-0.2, 0) is 0 Å². The van der Waals surface area contributed by atoms with Gasteiger partial charge in [0, 0.05) is 36.6 Å². The van der Waals surface area contributed by atoms with Crippen LogP contribution in [0.4, 0.5) is 0 Å². The summed E-state index contributed by atoms with van der Waals surface area (Å²) in [4.78, 5) is 23.1. The van der Waals surface area contributed by atoms with Gasteiger partial charge in [0.25, 0.3) is 5.91 Å². The normalized spacial score (nSPS) is 10.6. The first kappa shape index (κ1) is 13.1. The molecule has 0 bridgehead atoms. The highest BCUT2D eigenvalue weighted by Gasteiger charge is 2.12. The molecule has 3 aromatic heterocycles. The van der Waals surface area contributed by atoms with Gasteiger partial charge in [-0.3, -0.25) is 9.78 Å². The molecule has 6 nitrogen and oxygen atoms in total. The number of carbonyl (C=O) groups is 1. The minimum atomic E-state index is -0.212. The van der Waals surface area contributed by atoms with E-state index >= 15 is 0 Å². The Kier molecular flexibility index (Phi) is 3.27. The number of carbonyl (C=O) groups excluding carboxylic acids is 1. The summed E-state index contributed by atoms with van der Waals surface area (Å²) in [6.45, 7) is 0. The fraction of sp³-hybridized carbons (Fsp3) is 0.133. The third kappa shape index (κ3) is 2.20. The van der Waals surface area contributed by atoms with E-state index in [0.717, 1.165) is 22.0 Å². The first-order valence-electron chi connectivity index (χ1n) is 6.43. The van der Waals surface area contributed by atoms with Crippen molar-refractivity contribution in [2.75, 3.05) is 14.2 Å². The number of hydrogen-bond donors (Lipinski definition) is 2. The van der Waals surface area contributed by atoms with Gasteiger partial charge in [0.15, 0.2) is 0 Å². The molecule has 3 aromatic rings. The molecule has 3 heterocycles. The third-order valence-electron chi connectivity index (χ3n) is 3.29. The van der Waals surface area contributed by atoms with Crippen molar-refractivity contribution in [2.24, 2.45) is 0 Å². The van der Waals surface area contributed by atoms with Gasteiger partial charge in [-0.05, 0) is 23.8 Å². The number of rotatable bonds is 3. The number of pyridine rings is 2. The minimum Gasteiger partial charge on any atom is -0.479 e. The Hall–Kier alpha value is -2.89. The van der Waals surface area contributed by atoms with Gasteiger partial charge in [-0.2, -0.15) is 0 Å². The Bertz CT molecular complexity index is 810. The number of amides is 1. The second kappa shape index (κ2) is 5.24. The number of H-pyrrole nitrogens is 1. The van der Waals surface area contributed by atoms with Crippen LogP contribution < -0.4 is 10.1 Å². The van der Waals surface area contributed by atoms with Crippen molar-refractivity contribution in [1.82, 2.24) is 20.3 Å². The van der Waals surface area contributed by atoms with Crippen LogP contribution in [0.1, 0.15) is 10.5 Å². The van der Waals surface area contributed by atoms with Crippen molar-refractivity contribution in [3.8, 4) is 17.0 Å².